The lowest BCUT2D eigenvalue weighted by atomic mass is 10.1. The molecule has 0 spiro atoms. The van der Waals surface area contributed by atoms with Crippen LogP contribution in [0.5, 0.6) is 5.75 Å². The van der Waals surface area contributed by atoms with Crippen LogP contribution in [0, 0.1) is 0 Å². The van der Waals surface area contributed by atoms with Crippen LogP contribution in [0.3, 0.4) is 0 Å². The van der Waals surface area contributed by atoms with E-state index in [-0.39, 0.29) is 18.4 Å². The quantitative estimate of drug-likeness (QED) is 0.613. The number of benzene rings is 3. The van der Waals surface area contributed by atoms with E-state index in [1.807, 2.05) is 66.7 Å². The molecule has 0 radical (unpaired) electrons. The number of carbonyl (C=O) groups excluding carboxylic acids is 3. The molecular weight excluding hydrogens is 450 g/mol. The Hall–Kier alpha value is -3.52. The fourth-order valence-electron chi connectivity index (χ4n) is 4.39. The van der Waals surface area contributed by atoms with Gasteiger partial charge >= 0.3 is 6.09 Å². The second-order valence-corrected chi connectivity index (χ2v) is 9.43. The third-order valence-electron chi connectivity index (χ3n) is 6.18. The predicted octanol–water partition coefficient (Wildman–Crippen LogP) is 3.28. The maximum absolute atomic E-state index is 13.0. The standard InChI is InChI=1S/C26H25N3O4S/c30-24-22-15-28(26(32)33-23-12-6-10-19-9-4-5-11-20(19)23)13-14-29(22)25(31)21(27-24)17-34-16-18-7-2-1-3-8-18/h1-12,21-22H,13-17H2,(H,27,30)/t21-,22+/m0/s1. The molecule has 0 bridgehead atoms. The third kappa shape index (κ3) is 4.59. The van der Waals surface area contributed by atoms with E-state index < -0.39 is 18.2 Å². The molecule has 0 aromatic heterocycles. The fraction of sp³-hybridized carbons (Fsp3) is 0.269. The van der Waals surface area contributed by atoms with Crippen molar-refractivity contribution in [2.75, 3.05) is 25.4 Å². The average molecular weight is 476 g/mol. The van der Waals surface area contributed by atoms with Gasteiger partial charge in [0.25, 0.3) is 0 Å². The number of hydrogen-bond acceptors (Lipinski definition) is 5. The van der Waals surface area contributed by atoms with E-state index in [9.17, 15) is 14.4 Å². The summed E-state index contributed by atoms with van der Waals surface area (Å²) in [6.07, 6.45) is -0.517. The SMILES string of the molecule is O=C1N[C@@H](CSCc2ccccc2)C(=O)N2CCN(C(=O)Oc3cccc4ccccc34)C[C@H]12. The monoisotopic (exact) mass is 475 g/mol. The molecule has 2 atom stereocenters. The van der Waals surface area contributed by atoms with Crippen molar-refractivity contribution in [2.45, 2.75) is 17.8 Å². The zero-order valence-electron chi connectivity index (χ0n) is 18.6. The number of ether oxygens (including phenoxy) is 1. The molecule has 1 N–H and O–H groups in total. The van der Waals surface area contributed by atoms with Crippen LogP contribution in [0.1, 0.15) is 5.56 Å². The second kappa shape index (κ2) is 9.77. The van der Waals surface area contributed by atoms with Crippen molar-refractivity contribution in [3.63, 3.8) is 0 Å². The molecule has 8 heteroatoms. The Balaban J connectivity index is 1.20. The van der Waals surface area contributed by atoms with Crippen molar-refractivity contribution in [3.05, 3.63) is 78.4 Å². The fourth-order valence-corrected chi connectivity index (χ4v) is 5.40. The number of nitrogens with zero attached hydrogens (tertiary/aromatic N) is 2. The first kappa shape index (κ1) is 22.3. The number of amides is 3. The van der Waals surface area contributed by atoms with E-state index in [2.05, 4.69) is 5.32 Å². The molecule has 3 amide bonds. The van der Waals surface area contributed by atoms with Gasteiger partial charge in [-0.1, -0.05) is 66.7 Å². The van der Waals surface area contributed by atoms with Gasteiger partial charge in [-0.25, -0.2) is 4.79 Å². The molecule has 7 nitrogen and oxygen atoms in total. The molecule has 5 rings (SSSR count). The summed E-state index contributed by atoms with van der Waals surface area (Å²) in [6, 6.07) is 22.0. The van der Waals surface area contributed by atoms with Crippen molar-refractivity contribution in [2.24, 2.45) is 0 Å². The van der Waals surface area contributed by atoms with Gasteiger partial charge in [-0.15, -0.1) is 0 Å². The Morgan fingerprint density at radius 1 is 0.971 bits per heavy atom. The Labute approximate surface area is 202 Å². The molecule has 34 heavy (non-hydrogen) atoms. The molecule has 3 aromatic rings. The Bertz CT molecular complexity index is 1210. The molecule has 3 aromatic carbocycles. The number of carbonyl (C=O) groups is 3. The van der Waals surface area contributed by atoms with Gasteiger partial charge in [0.2, 0.25) is 11.8 Å². The first-order chi connectivity index (χ1) is 16.6. The number of nitrogens with one attached hydrogen (secondary N) is 1. The van der Waals surface area contributed by atoms with E-state index in [1.54, 1.807) is 22.7 Å². The van der Waals surface area contributed by atoms with E-state index in [1.165, 1.54) is 10.5 Å². The minimum atomic E-state index is -0.698. The normalized spacial score (nSPS) is 20.1. The summed E-state index contributed by atoms with van der Waals surface area (Å²) in [5, 5.41) is 4.68. The lowest BCUT2D eigenvalue weighted by molar-refractivity contribution is -0.151. The Morgan fingerprint density at radius 3 is 2.59 bits per heavy atom. The topological polar surface area (TPSA) is 79.0 Å². The zero-order chi connectivity index (χ0) is 23.5. The Kier molecular flexibility index (Phi) is 6.40. The van der Waals surface area contributed by atoms with E-state index in [4.69, 9.17) is 4.74 Å². The van der Waals surface area contributed by atoms with Gasteiger partial charge in [-0.05, 0) is 17.0 Å². The van der Waals surface area contributed by atoms with Crippen molar-refractivity contribution in [1.29, 1.82) is 0 Å². The van der Waals surface area contributed by atoms with Gasteiger partial charge in [0.1, 0.15) is 17.8 Å². The van der Waals surface area contributed by atoms with Gasteiger partial charge in [-0.2, -0.15) is 11.8 Å². The lowest BCUT2D eigenvalue weighted by Crippen LogP contribution is -2.70. The number of hydrogen-bond donors (Lipinski definition) is 1. The molecule has 2 saturated heterocycles. The zero-order valence-corrected chi connectivity index (χ0v) is 19.4. The highest BCUT2D eigenvalue weighted by atomic mass is 32.2. The molecule has 2 heterocycles. The molecular formula is C26H25N3O4S. The Morgan fingerprint density at radius 2 is 1.74 bits per heavy atom. The van der Waals surface area contributed by atoms with E-state index in [0.717, 1.165) is 16.5 Å². The summed E-state index contributed by atoms with van der Waals surface area (Å²) in [6.45, 7) is 0.745. The third-order valence-corrected chi connectivity index (χ3v) is 7.29. The molecule has 2 fully saturated rings. The second-order valence-electron chi connectivity index (χ2n) is 8.40. The van der Waals surface area contributed by atoms with Crippen LogP contribution < -0.4 is 10.1 Å². The highest BCUT2D eigenvalue weighted by molar-refractivity contribution is 7.98. The number of piperazine rings is 2. The highest BCUT2D eigenvalue weighted by Crippen LogP contribution is 2.26. The summed E-state index contributed by atoms with van der Waals surface area (Å²) >= 11 is 1.62. The summed E-state index contributed by atoms with van der Waals surface area (Å²) in [5.74, 6) is 1.44. The summed E-state index contributed by atoms with van der Waals surface area (Å²) in [5.41, 5.74) is 1.18. The number of fused-ring (bicyclic) bond motifs is 2. The van der Waals surface area contributed by atoms with Crippen LogP contribution in [0.2, 0.25) is 0 Å². The minimum absolute atomic E-state index is 0.0905. The van der Waals surface area contributed by atoms with Gasteiger partial charge in [0.05, 0.1) is 6.54 Å². The van der Waals surface area contributed by atoms with E-state index >= 15 is 0 Å². The van der Waals surface area contributed by atoms with Crippen molar-refractivity contribution < 1.29 is 19.1 Å². The molecule has 2 aliphatic heterocycles. The predicted molar refractivity (Wildman–Crippen MR) is 132 cm³/mol. The highest BCUT2D eigenvalue weighted by Gasteiger charge is 2.44. The van der Waals surface area contributed by atoms with Crippen LogP contribution in [0.4, 0.5) is 4.79 Å². The largest absolute Gasteiger partial charge is 0.415 e. The smallest absolute Gasteiger partial charge is 0.410 e. The first-order valence-electron chi connectivity index (χ1n) is 11.3. The minimum Gasteiger partial charge on any atom is -0.410 e. The molecule has 0 saturated carbocycles. The molecule has 0 unspecified atom stereocenters. The summed E-state index contributed by atoms with van der Waals surface area (Å²) in [4.78, 5) is 41.8. The molecule has 2 aliphatic rings. The number of rotatable bonds is 5. The van der Waals surface area contributed by atoms with Crippen LogP contribution in [0.15, 0.2) is 72.8 Å². The van der Waals surface area contributed by atoms with Crippen molar-refractivity contribution >= 4 is 40.4 Å². The van der Waals surface area contributed by atoms with Gasteiger partial charge in [0, 0.05) is 30.0 Å². The first-order valence-corrected chi connectivity index (χ1v) is 12.4. The average Bonchev–Trinajstić information content (AvgIpc) is 2.87. The van der Waals surface area contributed by atoms with Crippen molar-refractivity contribution in [1.82, 2.24) is 15.1 Å². The van der Waals surface area contributed by atoms with Gasteiger partial charge in [-0.3, -0.25) is 9.59 Å². The maximum Gasteiger partial charge on any atom is 0.415 e. The van der Waals surface area contributed by atoms with Crippen LogP contribution >= 0.6 is 11.8 Å². The lowest BCUT2D eigenvalue weighted by Gasteiger charge is -2.44. The van der Waals surface area contributed by atoms with Crippen molar-refractivity contribution in [3.8, 4) is 5.75 Å². The molecule has 0 aliphatic carbocycles. The maximum atomic E-state index is 13.0. The van der Waals surface area contributed by atoms with Gasteiger partial charge < -0.3 is 19.9 Å². The summed E-state index contributed by atoms with van der Waals surface area (Å²) < 4.78 is 5.67. The number of thioether (sulfide) groups is 1. The summed E-state index contributed by atoms with van der Waals surface area (Å²) in [7, 11) is 0. The van der Waals surface area contributed by atoms with Crippen LogP contribution in [0.25, 0.3) is 10.8 Å². The van der Waals surface area contributed by atoms with Crippen LogP contribution in [-0.4, -0.2) is 65.2 Å². The molecule has 174 valence electrons. The van der Waals surface area contributed by atoms with Gasteiger partial charge in [0.15, 0.2) is 0 Å². The van der Waals surface area contributed by atoms with Crippen LogP contribution in [-0.2, 0) is 15.3 Å². The van der Waals surface area contributed by atoms with E-state index in [0.29, 0.717) is 24.6 Å².